The van der Waals surface area contributed by atoms with Gasteiger partial charge in [-0.3, -0.25) is 4.79 Å². The summed E-state index contributed by atoms with van der Waals surface area (Å²) in [6.45, 7) is 1.81. The van der Waals surface area contributed by atoms with E-state index in [0.717, 1.165) is 21.5 Å². The molecule has 0 aliphatic rings. The Labute approximate surface area is 181 Å². The molecule has 154 valence electrons. The van der Waals surface area contributed by atoms with E-state index in [1.54, 1.807) is 41.2 Å². The van der Waals surface area contributed by atoms with Crippen molar-refractivity contribution < 1.29 is 4.79 Å². The van der Waals surface area contributed by atoms with Gasteiger partial charge >= 0.3 is 5.69 Å². The Morgan fingerprint density at radius 3 is 2.52 bits per heavy atom. The van der Waals surface area contributed by atoms with Gasteiger partial charge in [0.2, 0.25) is 5.91 Å². The van der Waals surface area contributed by atoms with Gasteiger partial charge < -0.3 is 5.32 Å². The number of carbonyl (C=O) groups is 1. The van der Waals surface area contributed by atoms with E-state index in [1.165, 1.54) is 4.40 Å². The molecule has 3 heterocycles. The average molecular weight is 433 g/mol. The topological polar surface area (TPSA) is 85.7 Å². The molecule has 1 amide bonds. The molecule has 5 rings (SSSR count). The van der Waals surface area contributed by atoms with Gasteiger partial charge in [-0.1, -0.05) is 41.4 Å². The second-order valence-corrected chi connectivity index (χ2v) is 7.65. The second kappa shape index (κ2) is 7.41. The Morgan fingerprint density at radius 2 is 1.77 bits per heavy atom. The monoisotopic (exact) mass is 432 g/mol. The van der Waals surface area contributed by atoms with Crippen LogP contribution in [-0.2, 0) is 11.3 Å². The lowest BCUT2D eigenvalue weighted by Crippen LogP contribution is -2.28. The van der Waals surface area contributed by atoms with Crippen molar-refractivity contribution in [2.45, 2.75) is 13.5 Å². The fourth-order valence-corrected chi connectivity index (χ4v) is 3.50. The molecule has 0 fully saturated rings. The summed E-state index contributed by atoms with van der Waals surface area (Å²) in [4.78, 5) is 25.2. The number of rotatable bonds is 4. The summed E-state index contributed by atoms with van der Waals surface area (Å²) in [6.07, 6.45) is 3.29. The maximum Gasteiger partial charge on any atom is 0.350 e. The first-order chi connectivity index (χ1) is 15.0. The van der Waals surface area contributed by atoms with Crippen molar-refractivity contribution in [2.24, 2.45) is 0 Å². The van der Waals surface area contributed by atoms with Gasteiger partial charge in [0, 0.05) is 28.7 Å². The van der Waals surface area contributed by atoms with Gasteiger partial charge in [-0.15, -0.1) is 5.10 Å². The summed E-state index contributed by atoms with van der Waals surface area (Å²) in [5, 5.41) is 12.3. The standard InChI is InChI=1S/C22H17ClN6O2/c1-14-2-4-15(5-3-14)18-12-19-21-26-29(22(31)27(21)10-11-28(19)25-18)13-20(30)24-17-8-6-16(23)7-9-17/h2-12H,13H2,1H3,(H,24,30). The van der Waals surface area contributed by atoms with Crippen LogP contribution in [0, 0.1) is 6.92 Å². The largest absolute Gasteiger partial charge is 0.350 e. The molecule has 0 radical (unpaired) electrons. The van der Waals surface area contributed by atoms with Crippen molar-refractivity contribution in [3.63, 3.8) is 0 Å². The third kappa shape index (κ3) is 3.57. The Kier molecular flexibility index (Phi) is 4.56. The number of nitrogens with one attached hydrogen (secondary N) is 1. The zero-order valence-corrected chi connectivity index (χ0v) is 17.2. The minimum absolute atomic E-state index is 0.214. The summed E-state index contributed by atoms with van der Waals surface area (Å²) >= 11 is 5.86. The number of amides is 1. The molecule has 1 N–H and O–H groups in total. The van der Waals surface area contributed by atoms with Crippen LogP contribution in [0.25, 0.3) is 22.4 Å². The molecule has 0 aliphatic carbocycles. The van der Waals surface area contributed by atoms with Crippen molar-refractivity contribution in [3.8, 4) is 11.3 Å². The first kappa shape index (κ1) is 19.1. The highest BCUT2D eigenvalue weighted by Gasteiger charge is 2.15. The summed E-state index contributed by atoms with van der Waals surface area (Å²) < 4.78 is 4.22. The molecular weight excluding hydrogens is 416 g/mol. The summed E-state index contributed by atoms with van der Waals surface area (Å²) in [5.41, 5.74) is 4.20. The van der Waals surface area contributed by atoms with Gasteiger partial charge in [0.05, 0.1) is 5.69 Å². The number of hydrogen-bond acceptors (Lipinski definition) is 4. The molecule has 0 spiro atoms. The van der Waals surface area contributed by atoms with E-state index in [0.29, 0.717) is 21.9 Å². The predicted octanol–water partition coefficient (Wildman–Crippen LogP) is 3.41. The zero-order chi connectivity index (χ0) is 21.5. The predicted molar refractivity (Wildman–Crippen MR) is 118 cm³/mol. The molecular formula is C22H17ClN6O2. The number of hydrogen-bond donors (Lipinski definition) is 1. The van der Waals surface area contributed by atoms with Gasteiger partial charge in [-0.2, -0.15) is 5.10 Å². The van der Waals surface area contributed by atoms with Crippen LogP contribution in [0.15, 0.2) is 71.8 Å². The van der Waals surface area contributed by atoms with Crippen LogP contribution in [-0.4, -0.2) is 29.7 Å². The van der Waals surface area contributed by atoms with Crippen LogP contribution in [0.1, 0.15) is 5.56 Å². The van der Waals surface area contributed by atoms with Gasteiger partial charge in [-0.05, 0) is 37.3 Å². The van der Waals surface area contributed by atoms with E-state index in [4.69, 9.17) is 11.6 Å². The van der Waals surface area contributed by atoms with E-state index in [1.807, 2.05) is 37.3 Å². The number of benzene rings is 2. The van der Waals surface area contributed by atoms with Crippen LogP contribution in [0.5, 0.6) is 0 Å². The van der Waals surface area contributed by atoms with E-state index >= 15 is 0 Å². The minimum atomic E-state index is -0.401. The fourth-order valence-electron chi connectivity index (χ4n) is 3.37. The summed E-state index contributed by atoms with van der Waals surface area (Å²) in [5.74, 6) is -0.363. The molecule has 0 saturated heterocycles. The lowest BCUT2D eigenvalue weighted by atomic mass is 10.1. The second-order valence-electron chi connectivity index (χ2n) is 7.21. The van der Waals surface area contributed by atoms with E-state index in [9.17, 15) is 9.59 Å². The Bertz CT molecular complexity index is 1480. The van der Waals surface area contributed by atoms with Crippen LogP contribution in [0.2, 0.25) is 5.02 Å². The van der Waals surface area contributed by atoms with Crippen molar-refractivity contribution in [1.29, 1.82) is 0 Å². The highest BCUT2D eigenvalue weighted by atomic mass is 35.5. The Morgan fingerprint density at radius 1 is 1.03 bits per heavy atom. The fraction of sp³-hybridized carbons (Fsp3) is 0.0909. The van der Waals surface area contributed by atoms with E-state index in [2.05, 4.69) is 15.5 Å². The number of nitrogens with zero attached hydrogens (tertiary/aromatic N) is 5. The average Bonchev–Trinajstić information content (AvgIpc) is 3.32. The maximum atomic E-state index is 12.8. The Hall–Kier alpha value is -3.91. The summed E-state index contributed by atoms with van der Waals surface area (Å²) in [7, 11) is 0. The quantitative estimate of drug-likeness (QED) is 0.471. The van der Waals surface area contributed by atoms with Gasteiger partial charge in [0.25, 0.3) is 0 Å². The molecule has 2 aromatic carbocycles. The van der Waals surface area contributed by atoms with Crippen molar-refractivity contribution in [3.05, 3.63) is 88.1 Å². The van der Waals surface area contributed by atoms with Gasteiger partial charge in [-0.25, -0.2) is 18.4 Å². The zero-order valence-electron chi connectivity index (χ0n) is 16.5. The number of anilines is 1. The molecule has 9 heteroatoms. The minimum Gasteiger partial charge on any atom is -0.324 e. The lowest BCUT2D eigenvalue weighted by Gasteiger charge is -2.04. The van der Waals surface area contributed by atoms with Gasteiger partial charge in [0.1, 0.15) is 12.1 Å². The SMILES string of the molecule is Cc1ccc(-c2cc3c4nn(CC(=O)Nc5ccc(Cl)cc5)c(=O)n4ccn3n2)cc1. The van der Waals surface area contributed by atoms with E-state index in [-0.39, 0.29) is 12.5 Å². The molecule has 0 aliphatic heterocycles. The molecule has 0 unspecified atom stereocenters. The van der Waals surface area contributed by atoms with Crippen LogP contribution in [0.4, 0.5) is 5.69 Å². The molecule has 5 aromatic rings. The molecule has 0 bridgehead atoms. The number of aryl methyl sites for hydroxylation is 1. The molecule has 0 atom stereocenters. The highest BCUT2D eigenvalue weighted by Crippen LogP contribution is 2.21. The number of carbonyl (C=O) groups excluding carboxylic acids is 1. The molecule has 3 aromatic heterocycles. The molecule has 31 heavy (non-hydrogen) atoms. The van der Waals surface area contributed by atoms with Crippen LogP contribution < -0.4 is 11.0 Å². The van der Waals surface area contributed by atoms with Crippen LogP contribution in [0.3, 0.4) is 0 Å². The Balaban J connectivity index is 1.48. The van der Waals surface area contributed by atoms with Crippen molar-refractivity contribution in [1.82, 2.24) is 23.8 Å². The molecule has 0 saturated carbocycles. The third-order valence-corrected chi connectivity index (χ3v) is 5.21. The smallest absolute Gasteiger partial charge is 0.324 e. The van der Waals surface area contributed by atoms with Crippen LogP contribution >= 0.6 is 11.6 Å². The first-order valence-electron chi connectivity index (χ1n) is 9.58. The van der Waals surface area contributed by atoms with E-state index < -0.39 is 5.69 Å². The summed E-state index contributed by atoms with van der Waals surface area (Å²) in [6, 6.07) is 16.7. The lowest BCUT2D eigenvalue weighted by molar-refractivity contribution is -0.117. The van der Waals surface area contributed by atoms with Gasteiger partial charge in [0.15, 0.2) is 5.65 Å². The van der Waals surface area contributed by atoms with Crippen molar-refractivity contribution in [2.75, 3.05) is 5.32 Å². The normalized spacial score (nSPS) is 11.3. The molecule has 8 nitrogen and oxygen atoms in total. The van der Waals surface area contributed by atoms with Crippen molar-refractivity contribution >= 4 is 34.4 Å². The number of aromatic nitrogens is 5. The maximum absolute atomic E-state index is 12.8. The first-order valence-corrected chi connectivity index (χ1v) is 9.96. The number of halogens is 1. The highest BCUT2D eigenvalue weighted by molar-refractivity contribution is 6.30. The third-order valence-electron chi connectivity index (χ3n) is 4.96. The number of fused-ring (bicyclic) bond motifs is 3.